The summed E-state index contributed by atoms with van der Waals surface area (Å²) in [6.07, 6.45) is 6.02. The molecule has 0 N–H and O–H groups in total. The molecule has 6 heteroatoms. The fourth-order valence-corrected chi connectivity index (χ4v) is 2.83. The van der Waals surface area contributed by atoms with Gasteiger partial charge in [0.1, 0.15) is 17.3 Å². The minimum Gasteiger partial charge on any atom is -0.379 e. The van der Waals surface area contributed by atoms with Crippen molar-refractivity contribution >= 4 is 17.3 Å². The summed E-state index contributed by atoms with van der Waals surface area (Å²) < 4.78 is 16.4. The van der Waals surface area contributed by atoms with Crippen molar-refractivity contribution in [2.24, 2.45) is 11.8 Å². The highest BCUT2D eigenvalue weighted by Gasteiger charge is 2.10. The lowest BCUT2D eigenvalue weighted by Gasteiger charge is -2.07. The molecule has 0 aromatic rings. The van der Waals surface area contributed by atoms with Crippen molar-refractivity contribution in [3.05, 3.63) is 0 Å². The minimum absolute atomic E-state index is 0.0105. The summed E-state index contributed by atoms with van der Waals surface area (Å²) in [5.41, 5.74) is 0. The minimum atomic E-state index is 0.0105. The number of Topliss-reactive ketones (excluding diaryl/α,β-unsaturated/α-hetero) is 3. The molecule has 0 spiro atoms. The number of rotatable bonds is 22. The zero-order chi connectivity index (χ0) is 22.6. The first kappa shape index (κ1) is 28.9. The molecule has 0 bridgehead atoms. The molecular formula is C24H44O6. The second-order valence-corrected chi connectivity index (χ2v) is 8.55. The van der Waals surface area contributed by atoms with Gasteiger partial charge in [0.25, 0.3) is 0 Å². The molecule has 6 nitrogen and oxygen atoms in total. The molecule has 0 aliphatic rings. The summed E-state index contributed by atoms with van der Waals surface area (Å²) in [5.74, 6) is 1.12. The van der Waals surface area contributed by atoms with Gasteiger partial charge in [0.2, 0.25) is 0 Å². The summed E-state index contributed by atoms with van der Waals surface area (Å²) in [7, 11) is 0. The molecule has 0 rings (SSSR count). The number of hydrogen-bond donors (Lipinski definition) is 0. The molecular weight excluding hydrogens is 384 g/mol. The van der Waals surface area contributed by atoms with Gasteiger partial charge < -0.3 is 14.2 Å². The van der Waals surface area contributed by atoms with Crippen LogP contribution in [0.1, 0.15) is 85.5 Å². The molecule has 0 saturated heterocycles. The van der Waals surface area contributed by atoms with Crippen LogP contribution in [-0.4, -0.2) is 57.0 Å². The topological polar surface area (TPSA) is 78.9 Å². The van der Waals surface area contributed by atoms with E-state index in [1.807, 2.05) is 13.8 Å². The second kappa shape index (κ2) is 19.8. The van der Waals surface area contributed by atoms with Gasteiger partial charge in [-0.05, 0) is 31.6 Å². The number of carbonyl (C=O) groups excluding carboxylic acids is 3. The predicted molar refractivity (Wildman–Crippen MR) is 119 cm³/mol. The lowest BCUT2D eigenvalue weighted by molar-refractivity contribution is -0.126. The first-order chi connectivity index (χ1) is 14.3. The number of unbranched alkanes of at least 4 members (excludes halogenated alkanes) is 2. The number of ketones is 3. The van der Waals surface area contributed by atoms with Crippen molar-refractivity contribution < 1.29 is 28.6 Å². The quantitative estimate of drug-likeness (QED) is 0.235. The van der Waals surface area contributed by atoms with Crippen molar-refractivity contribution in [3.8, 4) is 0 Å². The molecule has 176 valence electrons. The standard InChI is InChI=1S/C24H44O6/c1-20(2)19-23(26)10-6-8-14-29-16-18-30-17-15-28-13-7-5-9-22(25)11-12-24(27)21(3)4/h20-21H,5-19H2,1-4H3. The Labute approximate surface area is 183 Å². The third-order valence-electron chi connectivity index (χ3n) is 4.66. The number of ether oxygens (including phenoxy) is 3. The summed E-state index contributed by atoms with van der Waals surface area (Å²) in [5, 5.41) is 0. The Kier molecular flexibility index (Phi) is 19.1. The van der Waals surface area contributed by atoms with Crippen LogP contribution in [0.4, 0.5) is 0 Å². The summed E-state index contributed by atoms with van der Waals surface area (Å²) in [6, 6.07) is 0. The van der Waals surface area contributed by atoms with E-state index in [9.17, 15) is 14.4 Å². The average Bonchev–Trinajstić information content (AvgIpc) is 2.68. The lowest BCUT2D eigenvalue weighted by Crippen LogP contribution is -2.11. The first-order valence-corrected chi connectivity index (χ1v) is 11.6. The monoisotopic (exact) mass is 428 g/mol. The van der Waals surface area contributed by atoms with Crippen molar-refractivity contribution in [1.82, 2.24) is 0 Å². The highest BCUT2D eigenvalue weighted by molar-refractivity contribution is 5.86. The van der Waals surface area contributed by atoms with Crippen LogP contribution in [0.5, 0.6) is 0 Å². The largest absolute Gasteiger partial charge is 0.379 e. The van der Waals surface area contributed by atoms with E-state index in [-0.39, 0.29) is 17.5 Å². The van der Waals surface area contributed by atoms with Gasteiger partial charge in [-0.3, -0.25) is 14.4 Å². The number of carbonyl (C=O) groups is 3. The zero-order valence-corrected chi connectivity index (χ0v) is 19.7. The highest BCUT2D eigenvalue weighted by Crippen LogP contribution is 2.07. The first-order valence-electron chi connectivity index (χ1n) is 11.6. The SMILES string of the molecule is CC(C)CC(=O)CCCCOCCOCCOCCCCC(=O)CCC(=O)C(C)C. The third kappa shape index (κ3) is 20.2. The average molecular weight is 429 g/mol. The Bertz CT molecular complexity index is 459. The molecule has 0 fully saturated rings. The second-order valence-electron chi connectivity index (χ2n) is 8.55. The molecule has 0 unspecified atom stereocenters. The van der Waals surface area contributed by atoms with Crippen LogP contribution in [0.25, 0.3) is 0 Å². The summed E-state index contributed by atoms with van der Waals surface area (Å²) in [6.45, 7) is 11.3. The van der Waals surface area contributed by atoms with E-state index >= 15 is 0 Å². The van der Waals surface area contributed by atoms with Gasteiger partial charge in [0.05, 0.1) is 26.4 Å². The molecule has 0 atom stereocenters. The van der Waals surface area contributed by atoms with Gasteiger partial charge in [-0.15, -0.1) is 0 Å². The molecule has 0 radical (unpaired) electrons. The van der Waals surface area contributed by atoms with Crippen LogP contribution >= 0.6 is 0 Å². The molecule has 0 aromatic carbocycles. The van der Waals surface area contributed by atoms with E-state index in [4.69, 9.17) is 14.2 Å². The maximum Gasteiger partial charge on any atom is 0.135 e. The van der Waals surface area contributed by atoms with Crippen LogP contribution in [0.15, 0.2) is 0 Å². The van der Waals surface area contributed by atoms with E-state index in [0.29, 0.717) is 83.4 Å². The third-order valence-corrected chi connectivity index (χ3v) is 4.66. The van der Waals surface area contributed by atoms with Crippen LogP contribution in [0, 0.1) is 11.8 Å². The van der Waals surface area contributed by atoms with Gasteiger partial charge in [-0.2, -0.15) is 0 Å². The van der Waals surface area contributed by atoms with Gasteiger partial charge in [-0.1, -0.05) is 27.7 Å². The fraction of sp³-hybridized carbons (Fsp3) is 0.875. The normalized spacial score (nSPS) is 11.4. The van der Waals surface area contributed by atoms with Crippen LogP contribution in [-0.2, 0) is 28.6 Å². The van der Waals surface area contributed by atoms with Crippen molar-refractivity contribution in [3.63, 3.8) is 0 Å². The highest BCUT2D eigenvalue weighted by atomic mass is 16.5. The van der Waals surface area contributed by atoms with E-state index in [2.05, 4.69) is 13.8 Å². The van der Waals surface area contributed by atoms with Crippen molar-refractivity contribution in [2.75, 3.05) is 39.6 Å². The molecule has 0 aromatic heterocycles. The van der Waals surface area contributed by atoms with Crippen LogP contribution in [0.3, 0.4) is 0 Å². The van der Waals surface area contributed by atoms with E-state index in [0.717, 1.165) is 25.7 Å². The van der Waals surface area contributed by atoms with Crippen LogP contribution < -0.4 is 0 Å². The Morgan fingerprint density at radius 2 is 1.03 bits per heavy atom. The van der Waals surface area contributed by atoms with Crippen LogP contribution in [0.2, 0.25) is 0 Å². The lowest BCUT2D eigenvalue weighted by atomic mass is 10.0. The van der Waals surface area contributed by atoms with Crippen molar-refractivity contribution in [2.45, 2.75) is 85.5 Å². The fourth-order valence-electron chi connectivity index (χ4n) is 2.83. The Morgan fingerprint density at radius 3 is 1.50 bits per heavy atom. The smallest absolute Gasteiger partial charge is 0.135 e. The summed E-state index contributed by atoms with van der Waals surface area (Å²) in [4.78, 5) is 34.8. The van der Waals surface area contributed by atoms with E-state index < -0.39 is 0 Å². The van der Waals surface area contributed by atoms with Crippen molar-refractivity contribution in [1.29, 1.82) is 0 Å². The molecule has 0 aliphatic heterocycles. The summed E-state index contributed by atoms with van der Waals surface area (Å²) >= 11 is 0. The molecule has 0 amide bonds. The molecule has 0 heterocycles. The van der Waals surface area contributed by atoms with Gasteiger partial charge in [0.15, 0.2) is 0 Å². The Balaban J connectivity index is 3.25. The molecule has 0 saturated carbocycles. The number of hydrogen-bond acceptors (Lipinski definition) is 6. The molecule has 30 heavy (non-hydrogen) atoms. The molecule has 0 aliphatic carbocycles. The predicted octanol–water partition coefficient (Wildman–Crippen LogP) is 4.57. The Morgan fingerprint density at radius 1 is 0.567 bits per heavy atom. The van der Waals surface area contributed by atoms with E-state index in [1.165, 1.54) is 0 Å². The van der Waals surface area contributed by atoms with Gasteiger partial charge in [-0.25, -0.2) is 0 Å². The van der Waals surface area contributed by atoms with Gasteiger partial charge >= 0.3 is 0 Å². The van der Waals surface area contributed by atoms with E-state index in [1.54, 1.807) is 0 Å². The van der Waals surface area contributed by atoms with Gasteiger partial charge in [0, 0.05) is 51.2 Å². The maximum absolute atomic E-state index is 11.7. The maximum atomic E-state index is 11.7. The Hall–Kier alpha value is -1.11. The zero-order valence-electron chi connectivity index (χ0n) is 19.7.